The van der Waals surface area contributed by atoms with E-state index in [2.05, 4.69) is 51.9 Å². The van der Waals surface area contributed by atoms with Gasteiger partial charge in [-0.15, -0.1) is 0 Å². The average molecular weight is 286 g/mol. The monoisotopic (exact) mass is 286 g/mol. The third kappa shape index (κ3) is 2.10. The first-order valence-electron chi connectivity index (χ1n) is 7.42. The van der Waals surface area contributed by atoms with Crippen LogP contribution in [0.2, 0.25) is 0 Å². The quantitative estimate of drug-likeness (QED) is 0.756. The Morgan fingerprint density at radius 3 is 2.19 bits per heavy atom. The molecule has 2 aromatic rings. The fraction of sp³-hybridized carbons (Fsp3) is 0.562. The van der Waals surface area contributed by atoms with Gasteiger partial charge >= 0.3 is 7.12 Å². The second-order valence-corrected chi connectivity index (χ2v) is 7.03. The number of fused-ring (bicyclic) bond motifs is 1. The highest BCUT2D eigenvalue weighted by Gasteiger charge is 2.51. The summed E-state index contributed by atoms with van der Waals surface area (Å²) >= 11 is 0. The van der Waals surface area contributed by atoms with Crippen molar-refractivity contribution in [1.82, 2.24) is 9.78 Å². The third-order valence-electron chi connectivity index (χ3n) is 4.86. The van der Waals surface area contributed by atoms with Gasteiger partial charge in [-0.25, -0.2) is 0 Å². The summed E-state index contributed by atoms with van der Waals surface area (Å²) in [6, 6.07) is 4.29. The zero-order chi connectivity index (χ0) is 15.6. The van der Waals surface area contributed by atoms with Gasteiger partial charge in [-0.2, -0.15) is 5.10 Å². The van der Waals surface area contributed by atoms with Gasteiger partial charge in [-0.3, -0.25) is 4.68 Å². The zero-order valence-electron chi connectivity index (χ0n) is 13.9. The maximum atomic E-state index is 6.15. The molecule has 0 radical (unpaired) electrons. The number of hydrogen-bond donors (Lipinski definition) is 0. The summed E-state index contributed by atoms with van der Waals surface area (Å²) in [6.45, 7) is 12.5. The largest absolute Gasteiger partial charge is 0.494 e. The second kappa shape index (κ2) is 4.34. The minimum Gasteiger partial charge on any atom is -0.399 e. The first-order valence-corrected chi connectivity index (χ1v) is 7.42. The molecular formula is C16H23BN2O2. The van der Waals surface area contributed by atoms with E-state index in [1.165, 1.54) is 16.5 Å². The first-order chi connectivity index (χ1) is 9.62. The van der Waals surface area contributed by atoms with Gasteiger partial charge in [-0.1, -0.05) is 12.1 Å². The number of benzene rings is 1. The van der Waals surface area contributed by atoms with Crippen LogP contribution in [0.1, 0.15) is 39.0 Å². The van der Waals surface area contributed by atoms with E-state index in [0.717, 1.165) is 11.2 Å². The summed E-state index contributed by atoms with van der Waals surface area (Å²) in [5.74, 6) is 0. The predicted molar refractivity (Wildman–Crippen MR) is 85.9 cm³/mol. The van der Waals surface area contributed by atoms with E-state index < -0.39 is 0 Å². The topological polar surface area (TPSA) is 36.3 Å². The maximum Gasteiger partial charge on any atom is 0.494 e. The predicted octanol–water partition coefficient (Wildman–Crippen LogP) is 2.49. The normalized spacial score (nSPS) is 20.4. The minimum absolute atomic E-state index is 0.315. The van der Waals surface area contributed by atoms with Gasteiger partial charge in [0.05, 0.1) is 22.4 Å². The molecule has 0 aliphatic carbocycles. The molecule has 0 unspecified atom stereocenters. The van der Waals surface area contributed by atoms with Crippen molar-refractivity contribution in [3.8, 4) is 0 Å². The summed E-state index contributed by atoms with van der Waals surface area (Å²) in [4.78, 5) is 0. The van der Waals surface area contributed by atoms with Crippen molar-refractivity contribution in [3.05, 3.63) is 23.4 Å². The van der Waals surface area contributed by atoms with Crippen LogP contribution in [-0.4, -0.2) is 28.1 Å². The lowest BCUT2D eigenvalue weighted by atomic mass is 9.77. The molecule has 1 aliphatic heterocycles. The molecule has 0 spiro atoms. The van der Waals surface area contributed by atoms with Gasteiger partial charge < -0.3 is 9.31 Å². The average Bonchev–Trinajstić information content (AvgIpc) is 2.74. The van der Waals surface area contributed by atoms with Crippen molar-refractivity contribution in [2.24, 2.45) is 7.05 Å². The van der Waals surface area contributed by atoms with Crippen LogP contribution in [0.25, 0.3) is 10.9 Å². The summed E-state index contributed by atoms with van der Waals surface area (Å²) in [7, 11) is 1.66. The van der Waals surface area contributed by atoms with Crippen molar-refractivity contribution in [1.29, 1.82) is 0 Å². The fourth-order valence-corrected chi connectivity index (χ4v) is 2.96. The van der Waals surface area contributed by atoms with Crippen molar-refractivity contribution in [2.45, 2.75) is 52.7 Å². The van der Waals surface area contributed by atoms with E-state index in [0.29, 0.717) is 0 Å². The molecule has 1 aliphatic rings. The van der Waals surface area contributed by atoms with E-state index in [4.69, 9.17) is 9.31 Å². The molecule has 0 bridgehead atoms. The highest BCUT2D eigenvalue weighted by atomic mass is 16.7. The van der Waals surface area contributed by atoms with Crippen LogP contribution in [0.15, 0.2) is 12.1 Å². The van der Waals surface area contributed by atoms with Gasteiger partial charge in [0.15, 0.2) is 0 Å². The van der Waals surface area contributed by atoms with Crippen LogP contribution >= 0.6 is 0 Å². The zero-order valence-corrected chi connectivity index (χ0v) is 13.9. The maximum absolute atomic E-state index is 6.15. The molecule has 112 valence electrons. The van der Waals surface area contributed by atoms with E-state index in [-0.39, 0.29) is 18.3 Å². The lowest BCUT2D eigenvalue weighted by Gasteiger charge is -2.32. The molecule has 21 heavy (non-hydrogen) atoms. The number of hydrogen-bond acceptors (Lipinski definition) is 3. The molecule has 1 aromatic carbocycles. The molecule has 0 atom stereocenters. The fourth-order valence-electron chi connectivity index (χ4n) is 2.96. The van der Waals surface area contributed by atoms with E-state index in [1.807, 2.05) is 18.7 Å². The Kier molecular flexibility index (Phi) is 3.02. The third-order valence-corrected chi connectivity index (χ3v) is 4.86. The van der Waals surface area contributed by atoms with Gasteiger partial charge in [-0.05, 0) is 52.6 Å². The molecule has 1 fully saturated rings. The molecule has 3 rings (SSSR count). The highest BCUT2D eigenvalue weighted by Crippen LogP contribution is 2.36. The summed E-state index contributed by atoms with van der Waals surface area (Å²) in [5.41, 5.74) is 3.84. The lowest BCUT2D eigenvalue weighted by Crippen LogP contribution is -2.41. The Labute approximate surface area is 126 Å². The van der Waals surface area contributed by atoms with E-state index in [1.54, 1.807) is 0 Å². The van der Waals surface area contributed by atoms with Gasteiger partial charge in [0.25, 0.3) is 0 Å². The van der Waals surface area contributed by atoms with Gasteiger partial charge in [0.1, 0.15) is 0 Å². The molecule has 0 N–H and O–H groups in total. The summed E-state index contributed by atoms with van der Waals surface area (Å²) in [5, 5.41) is 5.68. The SMILES string of the molecule is Cc1nn(C)c2c(C)cc(B3OC(C)(C)C(C)(C)O3)cc12. The first kappa shape index (κ1) is 14.6. The van der Waals surface area contributed by atoms with Crippen molar-refractivity contribution in [3.63, 3.8) is 0 Å². The van der Waals surface area contributed by atoms with Crippen LogP contribution < -0.4 is 5.46 Å². The van der Waals surface area contributed by atoms with Crippen molar-refractivity contribution >= 4 is 23.5 Å². The molecule has 2 heterocycles. The number of rotatable bonds is 1. The Balaban J connectivity index is 2.09. The number of aromatic nitrogens is 2. The van der Waals surface area contributed by atoms with Crippen LogP contribution in [0, 0.1) is 13.8 Å². The lowest BCUT2D eigenvalue weighted by molar-refractivity contribution is 0.00578. The second-order valence-electron chi connectivity index (χ2n) is 7.03. The Bertz CT molecular complexity index is 703. The highest BCUT2D eigenvalue weighted by molar-refractivity contribution is 6.62. The Hall–Kier alpha value is -1.33. The Morgan fingerprint density at radius 2 is 1.62 bits per heavy atom. The van der Waals surface area contributed by atoms with Crippen LogP contribution in [0.5, 0.6) is 0 Å². The standard InChI is InChI=1S/C16H23BN2O2/c1-10-8-12(9-13-11(2)18-19(7)14(10)13)17-20-15(3,4)16(5,6)21-17/h8-9H,1-7H3. The molecule has 0 amide bonds. The van der Waals surface area contributed by atoms with Crippen LogP contribution in [0.4, 0.5) is 0 Å². The van der Waals surface area contributed by atoms with Crippen LogP contribution in [0.3, 0.4) is 0 Å². The smallest absolute Gasteiger partial charge is 0.399 e. The van der Waals surface area contributed by atoms with E-state index in [9.17, 15) is 0 Å². The number of nitrogens with zero attached hydrogens (tertiary/aromatic N) is 2. The summed E-state index contributed by atoms with van der Waals surface area (Å²) in [6.07, 6.45) is 0. The van der Waals surface area contributed by atoms with E-state index >= 15 is 0 Å². The molecule has 1 aromatic heterocycles. The molecular weight excluding hydrogens is 263 g/mol. The van der Waals surface area contributed by atoms with Crippen molar-refractivity contribution in [2.75, 3.05) is 0 Å². The van der Waals surface area contributed by atoms with Gasteiger partial charge in [0.2, 0.25) is 0 Å². The van der Waals surface area contributed by atoms with Crippen LogP contribution in [-0.2, 0) is 16.4 Å². The number of aryl methyl sites for hydroxylation is 3. The molecule has 1 saturated heterocycles. The Morgan fingerprint density at radius 1 is 1.05 bits per heavy atom. The minimum atomic E-state index is -0.322. The molecule has 4 nitrogen and oxygen atoms in total. The van der Waals surface area contributed by atoms with Gasteiger partial charge in [0, 0.05) is 12.4 Å². The van der Waals surface area contributed by atoms with Crippen molar-refractivity contribution < 1.29 is 9.31 Å². The molecule has 0 saturated carbocycles. The summed E-state index contributed by atoms with van der Waals surface area (Å²) < 4.78 is 14.2. The molecule has 5 heteroatoms.